The van der Waals surface area contributed by atoms with Crippen molar-refractivity contribution in [3.8, 4) is 0 Å². The third-order valence-electron chi connectivity index (χ3n) is 4.26. The van der Waals surface area contributed by atoms with Crippen molar-refractivity contribution in [2.45, 2.75) is 48.6 Å². The molecule has 29 heavy (non-hydrogen) atoms. The van der Waals surface area contributed by atoms with Crippen molar-refractivity contribution in [1.82, 2.24) is 5.32 Å². The molecule has 0 aliphatic carbocycles. The van der Waals surface area contributed by atoms with Crippen LogP contribution in [0, 0.1) is 0 Å². The van der Waals surface area contributed by atoms with Gasteiger partial charge in [-0.1, -0.05) is 18.2 Å². The maximum absolute atomic E-state index is 12.8. The predicted molar refractivity (Wildman–Crippen MR) is 104 cm³/mol. The van der Waals surface area contributed by atoms with Gasteiger partial charge < -0.3 is 10.1 Å². The van der Waals surface area contributed by atoms with Crippen molar-refractivity contribution < 1.29 is 28.0 Å². The molecule has 0 radical (unpaired) electrons. The number of sulfone groups is 1. The van der Waals surface area contributed by atoms with E-state index in [0.717, 1.165) is 0 Å². The van der Waals surface area contributed by atoms with E-state index in [0.29, 0.717) is 10.6 Å². The zero-order valence-electron chi connectivity index (χ0n) is 16.2. The monoisotopic (exact) mass is 418 g/mol. The lowest BCUT2D eigenvalue weighted by Crippen LogP contribution is -2.52. The van der Waals surface area contributed by atoms with Gasteiger partial charge in [0.1, 0.15) is 11.6 Å². The van der Waals surface area contributed by atoms with E-state index in [1.54, 1.807) is 39.0 Å². The van der Waals surface area contributed by atoms with E-state index in [1.807, 2.05) is 0 Å². The van der Waals surface area contributed by atoms with Crippen molar-refractivity contribution in [2.75, 3.05) is 5.06 Å². The van der Waals surface area contributed by atoms with E-state index >= 15 is 0 Å². The normalized spacial score (nSPS) is 16.9. The summed E-state index contributed by atoms with van der Waals surface area (Å²) in [6, 6.07) is 11.0. The number of hydrogen-bond acceptors (Lipinski definition) is 6. The number of fused-ring (bicyclic) bond motifs is 1. The van der Waals surface area contributed by atoms with Crippen LogP contribution in [-0.2, 0) is 25.8 Å². The minimum Gasteiger partial charge on any atom is -0.444 e. The molecule has 2 N–H and O–H groups in total. The molecule has 1 aliphatic rings. The second kappa shape index (κ2) is 7.49. The molecule has 2 amide bonds. The summed E-state index contributed by atoms with van der Waals surface area (Å²) in [5.41, 5.74) is -0.176. The van der Waals surface area contributed by atoms with Gasteiger partial charge in [-0.2, -0.15) is 5.06 Å². The molecule has 2 aromatic carbocycles. The highest BCUT2D eigenvalue weighted by Gasteiger charge is 2.35. The number of ether oxygens (including phenoxy) is 1. The smallest absolute Gasteiger partial charge is 0.408 e. The van der Waals surface area contributed by atoms with Crippen LogP contribution in [0.5, 0.6) is 0 Å². The van der Waals surface area contributed by atoms with Gasteiger partial charge in [0.15, 0.2) is 0 Å². The van der Waals surface area contributed by atoms with E-state index in [4.69, 9.17) is 4.74 Å². The molecule has 0 spiro atoms. The van der Waals surface area contributed by atoms with E-state index in [1.165, 1.54) is 30.3 Å². The Bertz CT molecular complexity index is 1040. The molecule has 0 bridgehead atoms. The molecule has 8 nitrogen and oxygen atoms in total. The second-order valence-electron chi connectivity index (χ2n) is 7.66. The molecule has 0 saturated carbocycles. The minimum atomic E-state index is -3.77. The predicted octanol–water partition coefficient (Wildman–Crippen LogP) is 2.69. The molecule has 2 aromatic rings. The van der Waals surface area contributed by atoms with Crippen LogP contribution in [0.3, 0.4) is 0 Å². The number of hydroxylamine groups is 1. The molecule has 0 fully saturated rings. The molecule has 0 saturated heterocycles. The molecule has 154 valence electrons. The van der Waals surface area contributed by atoms with E-state index in [2.05, 4.69) is 5.32 Å². The van der Waals surface area contributed by atoms with Gasteiger partial charge in [0.2, 0.25) is 9.84 Å². The molecule has 0 aromatic heterocycles. The summed E-state index contributed by atoms with van der Waals surface area (Å²) in [4.78, 5) is 24.6. The number of benzene rings is 2. The van der Waals surface area contributed by atoms with Gasteiger partial charge in [-0.3, -0.25) is 10.0 Å². The van der Waals surface area contributed by atoms with Gasteiger partial charge >= 0.3 is 6.09 Å². The average Bonchev–Trinajstić information content (AvgIpc) is 2.64. The van der Waals surface area contributed by atoms with Crippen LogP contribution >= 0.6 is 0 Å². The molecule has 3 rings (SSSR count). The van der Waals surface area contributed by atoms with E-state index in [-0.39, 0.29) is 21.9 Å². The Balaban J connectivity index is 1.91. The molecule has 0 unspecified atom stereocenters. The van der Waals surface area contributed by atoms with Gasteiger partial charge in [0.05, 0.1) is 15.5 Å². The number of carbonyl (C=O) groups excluding carboxylic acids is 2. The number of amides is 2. The number of carbonyl (C=O) groups is 2. The summed E-state index contributed by atoms with van der Waals surface area (Å²) >= 11 is 0. The Morgan fingerprint density at radius 3 is 2.41 bits per heavy atom. The first kappa shape index (κ1) is 20.8. The van der Waals surface area contributed by atoms with Crippen LogP contribution in [0.2, 0.25) is 0 Å². The van der Waals surface area contributed by atoms with Crippen molar-refractivity contribution in [3.63, 3.8) is 0 Å². The highest BCUT2D eigenvalue weighted by Crippen LogP contribution is 2.31. The first-order valence-electron chi connectivity index (χ1n) is 8.94. The van der Waals surface area contributed by atoms with Crippen LogP contribution in [0.15, 0.2) is 58.3 Å². The molecule has 1 heterocycles. The fraction of sp³-hybridized carbons (Fsp3) is 0.300. The second-order valence-corrected chi connectivity index (χ2v) is 9.61. The van der Waals surface area contributed by atoms with Crippen LogP contribution in [0.25, 0.3) is 0 Å². The van der Waals surface area contributed by atoms with Crippen LogP contribution in [0.4, 0.5) is 10.5 Å². The standard InChI is InChI=1S/C20H22N2O6S/c1-20(2,3)28-19(24)21-16-12-13-11-15(9-10-17(13)22(25)18(16)23)29(26,27)14-7-5-4-6-8-14/h4-11,16,25H,12H2,1-3H3,(H,21,24)/t16-/m0/s1. The zero-order valence-corrected chi connectivity index (χ0v) is 17.1. The highest BCUT2D eigenvalue weighted by atomic mass is 32.2. The molecule has 1 atom stereocenters. The molecule has 1 aliphatic heterocycles. The van der Waals surface area contributed by atoms with Gasteiger partial charge in [-0.25, -0.2) is 13.2 Å². The summed E-state index contributed by atoms with van der Waals surface area (Å²) in [5.74, 6) is -0.734. The van der Waals surface area contributed by atoms with E-state index in [9.17, 15) is 23.2 Å². The Hall–Kier alpha value is -2.91. The summed E-state index contributed by atoms with van der Waals surface area (Å²) in [6.45, 7) is 5.05. The quantitative estimate of drug-likeness (QED) is 0.741. The van der Waals surface area contributed by atoms with Crippen LogP contribution < -0.4 is 10.4 Å². The topological polar surface area (TPSA) is 113 Å². The number of alkyl carbamates (subject to hydrolysis) is 1. The van der Waals surface area contributed by atoms with Crippen LogP contribution in [-0.4, -0.2) is 37.3 Å². The number of rotatable bonds is 3. The lowest BCUT2D eigenvalue weighted by Gasteiger charge is -2.31. The Morgan fingerprint density at radius 2 is 1.79 bits per heavy atom. The van der Waals surface area contributed by atoms with Crippen molar-refractivity contribution in [3.05, 3.63) is 54.1 Å². The Kier molecular flexibility index (Phi) is 5.38. The largest absolute Gasteiger partial charge is 0.444 e. The lowest BCUT2D eigenvalue weighted by atomic mass is 9.99. The zero-order chi connectivity index (χ0) is 21.4. The SMILES string of the molecule is CC(C)(C)OC(=O)N[C@H]1Cc2cc(S(=O)(=O)c3ccccc3)ccc2N(O)C1=O. The number of nitrogens with zero attached hydrogens (tertiary/aromatic N) is 1. The summed E-state index contributed by atoms with van der Waals surface area (Å²) < 4.78 is 30.8. The first-order valence-corrected chi connectivity index (χ1v) is 10.4. The van der Waals surface area contributed by atoms with Crippen LogP contribution in [0.1, 0.15) is 26.3 Å². The molecular formula is C20H22N2O6S. The first-order chi connectivity index (χ1) is 13.5. The summed E-state index contributed by atoms with van der Waals surface area (Å²) in [5, 5.41) is 13.0. The Morgan fingerprint density at radius 1 is 1.14 bits per heavy atom. The number of nitrogens with one attached hydrogen (secondary N) is 1. The molecule has 9 heteroatoms. The molecular weight excluding hydrogens is 396 g/mol. The third kappa shape index (κ3) is 4.41. The maximum atomic E-state index is 12.8. The Labute approximate surface area is 169 Å². The van der Waals surface area contributed by atoms with E-state index < -0.39 is 33.5 Å². The maximum Gasteiger partial charge on any atom is 0.408 e. The minimum absolute atomic E-state index is 0.0165. The number of anilines is 1. The summed E-state index contributed by atoms with van der Waals surface area (Å²) in [7, 11) is -3.77. The number of hydrogen-bond donors (Lipinski definition) is 2. The van der Waals surface area contributed by atoms with Gasteiger partial charge in [-0.15, -0.1) is 0 Å². The fourth-order valence-corrected chi connectivity index (χ4v) is 4.30. The third-order valence-corrected chi connectivity index (χ3v) is 6.03. The van der Waals surface area contributed by atoms with Crippen molar-refractivity contribution >= 4 is 27.5 Å². The highest BCUT2D eigenvalue weighted by molar-refractivity contribution is 7.91. The fourth-order valence-electron chi connectivity index (χ4n) is 2.97. The lowest BCUT2D eigenvalue weighted by molar-refractivity contribution is -0.126. The van der Waals surface area contributed by atoms with Crippen molar-refractivity contribution in [1.29, 1.82) is 0 Å². The average molecular weight is 418 g/mol. The van der Waals surface area contributed by atoms with Gasteiger partial charge in [0.25, 0.3) is 5.91 Å². The van der Waals surface area contributed by atoms with Crippen molar-refractivity contribution in [2.24, 2.45) is 0 Å². The summed E-state index contributed by atoms with van der Waals surface area (Å²) in [6.07, 6.45) is -0.788. The van der Waals surface area contributed by atoms with Gasteiger partial charge in [0, 0.05) is 6.42 Å². The van der Waals surface area contributed by atoms with Gasteiger partial charge in [-0.05, 0) is 56.7 Å².